The van der Waals surface area contributed by atoms with Gasteiger partial charge < -0.3 is 9.47 Å². The molecule has 2 nitrogen and oxygen atoms in total. The van der Waals surface area contributed by atoms with Crippen molar-refractivity contribution in [1.29, 1.82) is 0 Å². The van der Waals surface area contributed by atoms with Gasteiger partial charge in [-0.1, -0.05) is 13.8 Å². The van der Waals surface area contributed by atoms with Gasteiger partial charge in [-0.15, -0.1) is 0 Å². The summed E-state index contributed by atoms with van der Waals surface area (Å²) in [4.78, 5) is 0. The molecule has 0 aromatic rings. The van der Waals surface area contributed by atoms with Crippen LogP contribution in [0.5, 0.6) is 0 Å². The van der Waals surface area contributed by atoms with Crippen molar-refractivity contribution in [3.05, 3.63) is 0 Å². The number of ether oxygens (including phenoxy) is 2. The third-order valence-corrected chi connectivity index (χ3v) is 2.85. The molecule has 1 aliphatic rings. The summed E-state index contributed by atoms with van der Waals surface area (Å²) in [6.07, 6.45) is 3.38. The lowest BCUT2D eigenvalue weighted by Crippen LogP contribution is -2.19. The smallest absolute Gasteiger partial charge is 0.0810 e. The Morgan fingerprint density at radius 1 is 1.29 bits per heavy atom. The van der Waals surface area contributed by atoms with Gasteiger partial charge in [0.05, 0.1) is 18.8 Å². The maximum absolute atomic E-state index is 5.68. The average Bonchev–Trinajstić information content (AvgIpc) is 2.86. The summed E-state index contributed by atoms with van der Waals surface area (Å²) in [5.41, 5.74) is 0. The van der Waals surface area contributed by atoms with E-state index in [4.69, 9.17) is 9.47 Å². The van der Waals surface area contributed by atoms with Crippen molar-refractivity contribution in [3.63, 3.8) is 0 Å². The molecule has 2 unspecified atom stereocenters. The molecular formula is C12H24O2. The third-order valence-electron chi connectivity index (χ3n) is 2.85. The van der Waals surface area contributed by atoms with Crippen molar-refractivity contribution >= 4 is 0 Å². The molecule has 1 saturated heterocycles. The van der Waals surface area contributed by atoms with Gasteiger partial charge in [0.2, 0.25) is 0 Å². The molecule has 84 valence electrons. The highest BCUT2D eigenvalue weighted by Gasteiger charge is 2.24. The monoisotopic (exact) mass is 200 g/mol. The van der Waals surface area contributed by atoms with Crippen LogP contribution in [0.3, 0.4) is 0 Å². The highest BCUT2D eigenvalue weighted by atomic mass is 16.6. The quantitative estimate of drug-likeness (QED) is 0.589. The Hall–Kier alpha value is -0.0800. The predicted molar refractivity (Wildman–Crippen MR) is 58.4 cm³/mol. The first-order chi connectivity index (χ1) is 6.59. The second kappa shape index (κ2) is 5.72. The number of epoxide rings is 1. The summed E-state index contributed by atoms with van der Waals surface area (Å²) in [6.45, 7) is 10.6. The van der Waals surface area contributed by atoms with Crippen molar-refractivity contribution in [1.82, 2.24) is 0 Å². The van der Waals surface area contributed by atoms with Crippen LogP contribution >= 0.6 is 0 Å². The standard InChI is InChI=1S/C12H24O2/c1-9(2)11(7-13-10(3)4)5-6-12-8-14-12/h9-12H,5-8H2,1-4H3. The summed E-state index contributed by atoms with van der Waals surface area (Å²) < 4.78 is 10.9. The van der Waals surface area contributed by atoms with Gasteiger partial charge in [0.25, 0.3) is 0 Å². The number of hydrogen-bond donors (Lipinski definition) is 0. The van der Waals surface area contributed by atoms with E-state index in [1.807, 2.05) is 0 Å². The van der Waals surface area contributed by atoms with Crippen LogP contribution in [-0.4, -0.2) is 25.4 Å². The Balaban J connectivity index is 2.15. The highest BCUT2D eigenvalue weighted by molar-refractivity contribution is 4.72. The van der Waals surface area contributed by atoms with Crippen LogP contribution in [0.1, 0.15) is 40.5 Å². The second-order valence-corrected chi connectivity index (χ2v) is 4.92. The minimum absolute atomic E-state index is 0.355. The molecule has 1 rings (SSSR count). The number of rotatable bonds is 7. The zero-order valence-corrected chi connectivity index (χ0v) is 9.95. The molecule has 0 saturated carbocycles. The predicted octanol–water partition coefficient (Wildman–Crippen LogP) is 2.86. The zero-order valence-electron chi connectivity index (χ0n) is 9.95. The van der Waals surface area contributed by atoms with Crippen molar-refractivity contribution in [2.45, 2.75) is 52.7 Å². The molecule has 1 fully saturated rings. The summed E-state index contributed by atoms with van der Waals surface area (Å²) >= 11 is 0. The van der Waals surface area contributed by atoms with Crippen LogP contribution in [0.2, 0.25) is 0 Å². The summed E-state index contributed by atoms with van der Waals surface area (Å²) in [5, 5.41) is 0. The fourth-order valence-corrected chi connectivity index (χ4v) is 1.56. The summed E-state index contributed by atoms with van der Waals surface area (Å²) in [6, 6.07) is 0. The molecule has 2 heteroatoms. The van der Waals surface area contributed by atoms with Crippen LogP contribution in [-0.2, 0) is 9.47 Å². The van der Waals surface area contributed by atoms with E-state index in [0.29, 0.717) is 24.0 Å². The first-order valence-electron chi connectivity index (χ1n) is 5.82. The van der Waals surface area contributed by atoms with Gasteiger partial charge in [0.1, 0.15) is 0 Å². The van der Waals surface area contributed by atoms with Crippen molar-refractivity contribution < 1.29 is 9.47 Å². The Morgan fingerprint density at radius 3 is 2.36 bits per heavy atom. The minimum atomic E-state index is 0.355. The zero-order chi connectivity index (χ0) is 10.6. The highest BCUT2D eigenvalue weighted by Crippen LogP contribution is 2.24. The molecule has 1 aliphatic heterocycles. The topological polar surface area (TPSA) is 21.8 Å². The maximum Gasteiger partial charge on any atom is 0.0810 e. The van der Waals surface area contributed by atoms with Crippen molar-refractivity contribution in [2.24, 2.45) is 11.8 Å². The lowest BCUT2D eigenvalue weighted by atomic mass is 9.91. The van der Waals surface area contributed by atoms with Gasteiger partial charge in [0.15, 0.2) is 0 Å². The Labute approximate surface area is 88.0 Å². The van der Waals surface area contributed by atoms with Crippen LogP contribution in [0, 0.1) is 11.8 Å². The molecular weight excluding hydrogens is 176 g/mol. The molecule has 1 heterocycles. The number of hydrogen-bond acceptors (Lipinski definition) is 2. The van der Waals surface area contributed by atoms with Crippen LogP contribution in [0.15, 0.2) is 0 Å². The largest absolute Gasteiger partial charge is 0.378 e. The lowest BCUT2D eigenvalue weighted by Gasteiger charge is -2.21. The SMILES string of the molecule is CC(C)OCC(CCC1CO1)C(C)C. The van der Waals surface area contributed by atoms with Gasteiger partial charge >= 0.3 is 0 Å². The molecule has 0 amide bonds. The molecule has 0 bridgehead atoms. The Kier molecular flexibility index (Phi) is 4.90. The average molecular weight is 200 g/mol. The fraction of sp³-hybridized carbons (Fsp3) is 1.00. The molecule has 0 aromatic heterocycles. The molecule has 0 spiro atoms. The van der Waals surface area contributed by atoms with E-state index in [2.05, 4.69) is 27.7 Å². The molecule has 0 aromatic carbocycles. The Bertz CT molecular complexity index is 144. The molecule has 0 N–H and O–H groups in total. The van der Waals surface area contributed by atoms with E-state index in [0.717, 1.165) is 13.2 Å². The van der Waals surface area contributed by atoms with E-state index in [9.17, 15) is 0 Å². The van der Waals surface area contributed by atoms with E-state index < -0.39 is 0 Å². The van der Waals surface area contributed by atoms with Gasteiger partial charge in [-0.3, -0.25) is 0 Å². The lowest BCUT2D eigenvalue weighted by molar-refractivity contribution is 0.0354. The van der Waals surface area contributed by atoms with E-state index >= 15 is 0 Å². The fourth-order valence-electron chi connectivity index (χ4n) is 1.56. The summed E-state index contributed by atoms with van der Waals surface area (Å²) in [7, 11) is 0. The Morgan fingerprint density at radius 2 is 1.93 bits per heavy atom. The molecule has 2 atom stereocenters. The summed E-state index contributed by atoms with van der Waals surface area (Å²) in [5.74, 6) is 1.41. The van der Waals surface area contributed by atoms with Gasteiger partial charge in [-0.05, 0) is 38.5 Å². The second-order valence-electron chi connectivity index (χ2n) is 4.92. The molecule has 0 aliphatic carbocycles. The maximum atomic E-state index is 5.68. The normalized spacial score (nSPS) is 23.1. The van der Waals surface area contributed by atoms with E-state index in [1.54, 1.807) is 0 Å². The van der Waals surface area contributed by atoms with Crippen LogP contribution in [0.4, 0.5) is 0 Å². The van der Waals surface area contributed by atoms with Gasteiger partial charge in [-0.25, -0.2) is 0 Å². The van der Waals surface area contributed by atoms with E-state index in [-0.39, 0.29) is 0 Å². The van der Waals surface area contributed by atoms with Crippen molar-refractivity contribution in [2.75, 3.05) is 13.2 Å². The minimum Gasteiger partial charge on any atom is -0.378 e. The first-order valence-corrected chi connectivity index (χ1v) is 5.82. The first kappa shape index (κ1) is 12.0. The van der Waals surface area contributed by atoms with E-state index in [1.165, 1.54) is 12.8 Å². The van der Waals surface area contributed by atoms with Crippen LogP contribution in [0.25, 0.3) is 0 Å². The molecule has 0 radical (unpaired) electrons. The molecule has 14 heavy (non-hydrogen) atoms. The van der Waals surface area contributed by atoms with Gasteiger partial charge in [-0.2, -0.15) is 0 Å². The van der Waals surface area contributed by atoms with Crippen molar-refractivity contribution in [3.8, 4) is 0 Å². The third kappa shape index (κ3) is 4.97. The van der Waals surface area contributed by atoms with Crippen LogP contribution < -0.4 is 0 Å². The van der Waals surface area contributed by atoms with Gasteiger partial charge in [0, 0.05) is 6.61 Å².